The molecule has 1 aliphatic heterocycles. The second-order valence-corrected chi connectivity index (χ2v) is 9.66. The van der Waals surface area contributed by atoms with Gasteiger partial charge in [-0.1, -0.05) is 5.16 Å². The number of carbonyl (C=O) groups excluding carboxylic acids is 2. The number of carbonyl (C=O) groups is 2. The summed E-state index contributed by atoms with van der Waals surface area (Å²) in [4.78, 5) is 28.0. The molecule has 32 heavy (non-hydrogen) atoms. The molecule has 2 fully saturated rings. The molecule has 2 amide bonds. The van der Waals surface area contributed by atoms with Crippen LogP contribution in [0, 0.1) is 12.7 Å². The quantitative estimate of drug-likeness (QED) is 0.624. The van der Waals surface area contributed by atoms with Gasteiger partial charge in [-0.25, -0.2) is 17.5 Å². The highest BCUT2D eigenvalue weighted by Crippen LogP contribution is 2.24. The predicted octanol–water partition coefficient (Wildman–Crippen LogP) is 0.959. The monoisotopic (exact) mass is 465 g/mol. The minimum atomic E-state index is -4.02. The van der Waals surface area contributed by atoms with Crippen LogP contribution in [0.15, 0.2) is 33.7 Å². The average Bonchev–Trinajstić information content (AvgIpc) is 3.46. The van der Waals surface area contributed by atoms with Gasteiger partial charge in [-0.15, -0.1) is 0 Å². The molecule has 1 aromatic carbocycles. The lowest BCUT2D eigenvalue weighted by molar-refractivity contribution is -0.117. The van der Waals surface area contributed by atoms with Crippen molar-refractivity contribution < 1.29 is 26.9 Å². The van der Waals surface area contributed by atoms with Gasteiger partial charge in [0.05, 0.1) is 6.54 Å². The number of benzene rings is 1. The maximum Gasteiger partial charge on any atom is 0.253 e. The van der Waals surface area contributed by atoms with Crippen LogP contribution in [0.2, 0.25) is 0 Å². The minimum Gasteiger partial charge on any atom is -0.360 e. The fourth-order valence-corrected chi connectivity index (χ4v) is 4.84. The molecule has 1 aliphatic carbocycles. The maximum absolute atomic E-state index is 14.2. The van der Waals surface area contributed by atoms with Crippen molar-refractivity contribution >= 4 is 27.7 Å². The van der Waals surface area contributed by atoms with Gasteiger partial charge in [-0.3, -0.25) is 14.5 Å². The van der Waals surface area contributed by atoms with E-state index in [1.807, 2.05) is 4.90 Å². The van der Waals surface area contributed by atoms with Crippen molar-refractivity contribution in [3.63, 3.8) is 0 Å². The van der Waals surface area contributed by atoms with Crippen LogP contribution in [0.5, 0.6) is 0 Å². The number of sulfonamides is 1. The summed E-state index contributed by atoms with van der Waals surface area (Å²) in [6.45, 7) is 3.50. The van der Waals surface area contributed by atoms with E-state index in [1.165, 1.54) is 6.07 Å². The largest absolute Gasteiger partial charge is 0.360 e. The zero-order valence-corrected chi connectivity index (χ0v) is 18.3. The molecule has 1 aromatic heterocycles. The Bertz CT molecular complexity index is 1120. The third-order valence-corrected chi connectivity index (χ3v) is 6.82. The molecule has 0 bridgehead atoms. The number of amides is 2. The van der Waals surface area contributed by atoms with Crippen LogP contribution in [-0.4, -0.2) is 74.0 Å². The van der Waals surface area contributed by atoms with E-state index in [4.69, 9.17) is 4.52 Å². The van der Waals surface area contributed by atoms with Gasteiger partial charge in [-0.05, 0) is 38.0 Å². The Hall–Kier alpha value is -2.83. The lowest BCUT2D eigenvalue weighted by Crippen LogP contribution is -2.50. The molecule has 4 rings (SSSR count). The third kappa shape index (κ3) is 5.31. The molecule has 172 valence electrons. The zero-order valence-electron chi connectivity index (χ0n) is 17.5. The van der Waals surface area contributed by atoms with Crippen LogP contribution in [0.25, 0.3) is 0 Å². The van der Waals surface area contributed by atoms with Crippen molar-refractivity contribution in [3.05, 3.63) is 41.4 Å². The van der Waals surface area contributed by atoms with Crippen LogP contribution in [0.4, 0.5) is 10.2 Å². The summed E-state index contributed by atoms with van der Waals surface area (Å²) in [7, 11) is -4.02. The van der Waals surface area contributed by atoms with E-state index in [-0.39, 0.29) is 30.0 Å². The second-order valence-electron chi connectivity index (χ2n) is 7.98. The number of hydrogen-bond acceptors (Lipinski definition) is 7. The fourth-order valence-electron chi connectivity index (χ4n) is 3.43. The topological polar surface area (TPSA) is 125 Å². The standard InChI is InChI=1S/C20H24FN5O5S/c1-13-10-18(23-31-13)22-19(27)12-25-6-8-26(9-7-25)20(28)14-2-5-16(21)17(11-14)32(29,30)24-15-3-4-15/h2,5,10-11,15,24H,3-4,6-9,12H2,1H3,(H,22,23,27). The summed E-state index contributed by atoms with van der Waals surface area (Å²) in [5.41, 5.74) is 0.107. The number of nitrogens with zero attached hydrogens (tertiary/aromatic N) is 3. The highest BCUT2D eigenvalue weighted by molar-refractivity contribution is 7.89. The van der Waals surface area contributed by atoms with Crippen molar-refractivity contribution in [2.45, 2.75) is 30.7 Å². The summed E-state index contributed by atoms with van der Waals surface area (Å²) in [6, 6.07) is 4.82. The summed E-state index contributed by atoms with van der Waals surface area (Å²) >= 11 is 0. The first-order valence-electron chi connectivity index (χ1n) is 10.3. The molecule has 12 heteroatoms. The summed E-state index contributed by atoms with van der Waals surface area (Å²) < 4.78 is 46.3. The molecular weight excluding hydrogens is 441 g/mol. The molecule has 2 N–H and O–H groups in total. The Kier molecular flexibility index (Phi) is 6.26. The molecule has 0 atom stereocenters. The van der Waals surface area contributed by atoms with Crippen molar-refractivity contribution in [1.29, 1.82) is 0 Å². The van der Waals surface area contributed by atoms with Gasteiger partial charge in [0, 0.05) is 43.9 Å². The Balaban J connectivity index is 1.34. The van der Waals surface area contributed by atoms with Gasteiger partial charge in [0.1, 0.15) is 16.5 Å². The van der Waals surface area contributed by atoms with Crippen LogP contribution in [0.3, 0.4) is 0 Å². The van der Waals surface area contributed by atoms with E-state index < -0.39 is 20.7 Å². The Morgan fingerprint density at radius 1 is 1.19 bits per heavy atom. The maximum atomic E-state index is 14.2. The molecule has 0 radical (unpaired) electrons. The van der Waals surface area contributed by atoms with Crippen molar-refractivity contribution in [3.8, 4) is 0 Å². The Labute approximate surface area is 184 Å². The smallest absolute Gasteiger partial charge is 0.253 e. The number of aryl methyl sites for hydroxylation is 1. The lowest BCUT2D eigenvalue weighted by Gasteiger charge is -2.34. The van der Waals surface area contributed by atoms with Gasteiger partial charge in [0.2, 0.25) is 15.9 Å². The Morgan fingerprint density at radius 2 is 1.91 bits per heavy atom. The second kappa shape index (κ2) is 8.96. The third-order valence-electron chi connectivity index (χ3n) is 5.29. The molecule has 1 saturated heterocycles. The number of nitrogens with one attached hydrogen (secondary N) is 2. The number of hydrogen-bond donors (Lipinski definition) is 2. The van der Waals surface area contributed by atoms with Gasteiger partial charge < -0.3 is 14.7 Å². The molecule has 0 spiro atoms. The fraction of sp³-hybridized carbons (Fsp3) is 0.450. The summed E-state index contributed by atoms with van der Waals surface area (Å²) in [5, 5.41) is 6.36. The molecule has 0 unspecified atom stereocenters. The van der Waals surface area contributed by atoms with Gasteiger partial charge in [-0.2, -0.15) is 0 Å². The molecule has 2 aromatic rings. The number of aromatic nitrogens is 1. The number of anilines is 1. The van der Waals surface area contributed by atoms with Crippen molar-refractivity contribution in [1.82, 2.24) is 19.7 Å². The number of halogens is 1. The van der Waals surface area contributed by atoms with Crippen molar-refractivity contribution in [2.75, 3.05) is 38.0 Å². The van der Waals surface area contributed by atoms with E-state index >= 15 is 0 Å². The van der Waals surface area contributed by atoms with E-state index in [1.54, 1.807) is 17.9 Å². The zero-order chi connectivity index (χ0) is 22.9. The first-order valence-corrected chi connectivity index (χ1v) is 11.8. The SMILES string of the molecule is Cc1cc(NC(=O)CN2CCN(C(=O)c3ccc(F)c(S(=O)(=O)NC4CC4)c3)CC2)no1. The van der Waals surface area contributed by atoms with Crippen LogP contribution < -0.4 is 10.0 Å². The molecule has 1 saturated carbocycles. The average molecular weight is 466 g/mol. The highest BCUT2D eigenvalue weighted by atomic mass is 32.2. The summed E-state index contributed by atoms with van der Waals surface area (Å²) in [5.74, 6) is -0.579. The number of piperazine rings is 1. The Morgan fingerprint density at radius 3 is 2.53 bits per heavy atom. The van der Waals surface area contributed by atoms with Crippen LogP contribution in [-0.2, 0) is 14.8 Å². The first-order chi connectivity index (χ1) is 15.2. The molecule has 2 heterocycles. The van der Waals surface area contributed by atoms with E-state index in [9.17, 15) is 22.4 Å². The first kappa shape index (κ1) is 22.4. The normalized spacial score (nSPS) is 17.4. The van der Waals surface area contributed by atoms with E-state index in [0.29, 0.717) is 37.8 Å². The lowest BCUT2D eigenvalue weighted by atomic mass is 10.1. The molecule has 2 aliphatic rings. The minimum absolute atomic E-state index is 0.107. The van der Waals surface area contributed by atoms with E-state index in [2.05, 4.69) is 15.2 Å². The summed E-state index contributed by atoms with van der Waals surface area (Å²) in [6.07, 6.45) is 1.44. The van der Waals surface area contributed by atoms with E-state index in [0.717, 1.165) is 25.0 Å². The highest BCUT2D eigenvalue weighted by Gasteiger charge is 2.31. The van der Waals surface area contributed by atoms with Crippen LogP contribution >= 0.6 is 0 Å². The molecular formula is C20H24FN5O5S. The van der Waals surface area contributed by atoms with Gasteiger partial charge >= 0.3 is 0 Å². The van der Waals surface area contributed by atoms with Gasteiger partial charge in [0.15, 0.2) is 5.82 Å². The molecule has 10 nitrogen and oxygen atoms in total. The van der Waals surface area contributed by atoms with Gasteiger partial charge in [0.25, 0.3) is 5.91 Å². The predicted molar refractivity (Wildman–Crippen MR) is 112 cm³/mol. The number of rotatable bonds is 7. The van der Waals surface area contributed by atoms with Crippen molar-refractivity contribution in [2.24, 2.45) is 0 Å². The van der Waals surface area contributed by atoms with Crippen LogP contribution in [0.1, 0.15) is 29.0 Å².